The van der Waals surface area contributed by atoms with Gasteiger partial charge in [0.1, 0.15) is 0 Å². The lowest BCUT2D eigenvalue weighted by molar-refractivity contribution is 0.102. The minimum Gasteiger partial charge on any atom is -0.322 e. The van der Waals surface area contributed by atoms with Gasteiger partial charge < -0.3 is 5.32 Å². The van der Waals surface area contributed by atoms with E-state index in [1.54, 1.807) is 12.1 Å². The van der Waals surface area contributed by atoms with Gasteiger partial charge in [0.05, 0.1) is 4.90 Å². The molecule has 0 radical (unpaired) electrons. The standard InChI is InChI=1S/C15H16N2O3S/c1-2-11-3-5-12(6-4-11)15(18)17-13-7-9-14(10-8-13)21(16,19)20/h3-10H,2H2,1H3,(H,17,18)(H2,16,19,20). The number of amides is 1. The van der Waals surface area contributed by atoms with Crippen molar-refractivity contribution in [3.63, 3.8) is 0 Å². The normalized spacial score (nSPS) is 11.1. The summed E-state index contributed by atoms with van der Waals surface area (Å²) in [6.45, 7) is 2.04. The van der Waals surface area contributed by atoms with Crippen LogP contribution in [0.3, 0.4) is 0 Å². The predicted octanol–water partition coefficient (Wildman–Crippen LogP) is 2.15. The summed E-state index contributed by atoms with van der Waals surface area (Å²) in [7, 11) is -3.72. The van der Waals surface area contributed by atoms with E-state index in [4.69, 9.17) is 5.14 Å². The number of hydrogen-bond donors (Lipinski definition) is 2. The van der Waals surface area contributed by atoms with Crippen LogP contribution >= 0.6 is 0 Å². The minimum absolute atomic E-state index is 0.00722. The third-order valence-electron chi connectivity index (χ3n) is 3.07. The Hall–Kier alpha value is -2.18. The zero-order valence-corrected chi connectivity index (χ0v) is 12.4. The summed E-state index contributed by atoms with van der Waals surface area (Å²) in [6, 6.07) is 13.0. The third kappa shape index (κ3) is 3.90. The molecule has 110 valence electrons. The van der Waals surface area contributed by atoms with Gasteiger partial charge in [-0.2, -0.15) is 0 Å². The van der Waals surface area contributed by atoms with Crippen LogP contribution in [0, 0.1) is 0 Å². The summed E-state index contributed by atoms with van der Waals surface area (Å²) < 4.78 is 22.3. The van der Waals surface area contributed by atoms with Crippen molar-refractivity contribution in [3.8, 4) is 0 Å². The largest absolute Gasteiger partial charge is 0.322 e. The molecule has 3 N–H and O–H groups in total. The fourth-order valence-corrected chi connectivity index (χ4v) is 2.34. The van der Waals surface area contributed by atoms with E-state index in [-0.39, 0.29) is 10.8 Å². The summed E-state index contributed by atoms with van der Waals surface area (Å²) in [5, 5.41) is 7.71. The molecule has 0 aromatic heterocycles. The summed E-state index contributed by atoms with van der Waals surface area (Å²) in [5.74, 6) is -0.249. The molecular formula is C15H16N2O3S. The Labute approximate surface area is 123 Å². The smallest absolute Gasteiger partial charge is 0.255 e. The Morgan fingerprint density at radius 3 is 2.10 bits per heavy atom. The first-order valence-corrected chi connectivity index (χ1v) is 7.98. The average Bonchev–Trinajstić information content (AvgIpc) is 2.47. The number of sulfonamides is 1. The van der Waals surface area contributed by atoms with Gasteiger partial charge in [0, 0.05) is 11.3 Å². The fraction of sp³-hybridized carbons (Fsp3) is 0.133. The van der Waals surface area contributed by atoms with Crippen LogP contribution < -0.4 is 10.5 Å². The van der Waals surface area contributed by atoms with Crippen molar-refractivity contribution in [1.82, 2.24) is 0 Å². The lowest BCUT2D eigenvalue weighted by atomic mass is 10.1. The number of hydrogen-bond acceptors (Lipinski definition) is 3. The molecule has 0 saturated carbocycles. The maximum absolute atomic E-state index is 12.0. The molecule has 0 aliphatic carbocycles. The van der Waals surface area contributed by atoms with Crippen LogP contribution in [-0.2, 0) is 16.4 Å². The van der Waals surface area contributed by atoms with Crippen LogP contribution in [0.5, 0.6) is 0 Å². The van der Waals surface area contributed by atoms with Crippen LogP contribution in [0.1, 0.15) is 22.8 Å². The first-order chi connectivity index (χ1) is 9.90. The molecule has 2 aromatic rings. The van der Waals surface area contributed by atoms with E-state index >= 15 is 0 Å². The average molecular weight is 304 g/mol. The SMILES string of the molecule is CCc1ccc(C(=O)Nc2ccc(S(N)(=O)=O)cc2)cc1. The maximum Gasteiger partial charge on any atom is 0.255 e. The lowest BCUT2D eigenvalue weighted by Gasteiger charge is -2.06. The van der Waals surface area contributed by atoms with Crippen molar-refractivity contribution >= 4 is 21.6 Å². The van der Waals surface area contributed by atoms with Gasteiger partial charge in [0.2, 0.25) is 10.0 Å². The van der Waals surface area contributed by atoms with E-state index in [1.165, 1.54) is 24.3 Å². The molecule has 0 fully saturated rings. The van der Waals surface area contributed by atoms with Crippen LogP contribution in [0.4, 0.5) is 5.69 Å². The van der Waals surface area contributed by atoms with Crippen molar-refractivity contribution in [2.24, 2.45) is 5.14 Å². The Morgan fingerprint density at radius 1 is 1.05 bits per heavy atom. The van der Waals surface area contributed by atoms with Gasteiger partial charge in [-0.05, 0) is 48.4 Å². The van der Waals surface area contributed by atoms with Crippen molar-refractivity contribution < 1.29 is 13.2 Å². The quantitative estimate of drug-likeness (QED) is 0.907. The van der Waals surface area contributed by atoms with E-state index < -0.39 is 10.0 Å². The van der Waals surface area contributed by atoms with Gasteiger partial charge in [0.15, 0.2) is 0 Å². The van der Waals surface area contributed by atoms with E-state index in [0.29, 0.717) is 11.3 Å². The number of carbonyl (C=O) groups excluding carboxylic acids is 1. The highest BCUT2D eigenvalue weighted by molar-refractivity contribution is 7.89. The molecular weight excluding hydrogens is 288 g/mol. The second kappa shape index (κ2) is 6.07. The second-order valence-corrected chi connectivity index (χ2v) is 6.14. The number of primary sulfonamides is 1. The van der Waals surface area contributed by atoms with Gasteiger partial charge in [0.25, 0.3) is 5.91 Å². The minimum atomic E-state index is -3.72. The lowest BCUT2D eigenvalue weighted by Crippen LogP contribution is -2.13. The molecule has 6 heteroatoms. The molecule has 2 rings (SSSR count). The molecule has 2 aromatic carbocycles. The van der Waals surface area contributed by atoms with Crippen molar-refractivity contribution in [2.75, 3.05) is 5.32 Å². The van der Waals surface area contributed by atoms with Crippen LogP contribution in [0.15, 0.2) is 53.4 Å². The number of aryl methyl sites for hydroxylation is 1. The monoisotopic (exact) mass is 304 g/mol. The van der Waals surface area contributed by atoms with Crippen molar-refractivity contribution in [3.05, 3.63) is 59.7 Å². The molecule has 1 amide bonds. The second-order valence-electron chi connectivity index (χ2n) is 4.57. The van der Waals surface area contributed by atoms with E-state index in [2.05, 4.69) is 5.32 Å². The zero-order valence-electron chi connectivity index (χ0n) is 11.5. The molecule has 0 spiro atoms. The molecule has 0 atom stereocenters. The molecule has 0 bridgehead atoms. The Balaban J connectivity index is 2.12. The molecule has 21 heavy (non-hydrogen) atoms. The van der Waals surface area contributed by atoms with Gasteiger partial charge in [-0.3, -0.25) is 4.79 Å². The van der Waals surface area contributed by atoms with Crippen LogP contribution in [0.25, 0.3) is 0 Å². The molecule has 5 nitrogen and oxygen atoms in total. The molecule has 0 aliphatic heterocycles. The highest BCUT2D eigenvalue weighted by atomic mass is 32.2. The summed E-state index contributed by atoms with van der Waals surface area (Å²) in [5.41, 5.74) is 2.21. The van der Waals surface area contributed by atoms with E-state index in [1.807, 2.05) is 19.1 Å². The van der Waals surface area contributed by atoms with Crippen LogP contribution in [-0.4, -0.2) is 14.3 Å². The summed E-state index contributed by atoms with van der Waals surface area (Å²) in [4.78, 5) is 12.0. The maximum atomic E-state index is 12.0. The van der Waals surface area contributed by atoms with Gasteiger partial charge in [-0.15, -0.1) is 0 Å². The van der Waals surface area contributed by atoms with Gasteiger partial charge in [-0.25, -0.2) is 13.6 Å². The zero-order chi connectivity index (χ0) is 15.5. The first kappa shape index (κ1) is 15.2. The number of nitrogens with one attached hydrogen (secondary N) is 1. The number of benzene rings is 2. The fourth-order valence-electron chi connectivity index (χ4n) is 1.82. The molecule has 0 aliphatic rings. The molecule has 0 unspecified atom stereocenters. The van der Waals surface area contributed by atoms with Gasteiger partial charge >= 0.3 is 0 Å². The number of rotatable bonds is 4. The predicted molar refractivity (Wildman–Crippen MR) is 81.6 cm³/mol. The van der Waals surface area contributed by atoms with Crippen LogP contribution in [0.2, 0.25) is 0 Å². The first-order valence-electron chi connectivity index (χ1n) is 6.43. The van der Waals surface area contributed by atoms with Crippen molar-refractivity contribution in [2.45, 2.75) is 18.2 Å². The Morgan fingerprint density at radius 2 is 1.62 bits per heavy atom. The summed E-state index contributed by atoms with van der Waals surface area (Å²) in [6.07, 6.45) is 0.914. The van der Waals surface area contributed by atoms with Gasteiger partial charge in [-0.1, -0.05) is 19.1 Å². The third-order valence-corrected chi connectivity index (χ3v) is 3.99. The highest BCUT2D eigenvalue weighted by Gasteiger charge is 2.09. The van der Waals surface area contributed by atoms with E-state index in [0.717, 1.165) is 12.0 Å². The molecule has 0 heterocycles. The number of carbonyl (C=O) groups is 1. The number of nitrogens with two attached hydrogens (primary N) is 1. The topological polar surface area (TPSA) is 89.3 Å². The molecule has 0 saturated heterocycles. The Bertz CT molecular complexity index is 735. The highest BCUT2D eigenvalue weighted by Crippen LogP contribution is 2.14. The van der Waals surface area contributed by atoms with E-state index in [9.17, 15) is 13.2 Å². The van der Waals surface area contributed by atoms with Crippen molar-refractivity contribution in [1.29, 1.82) is 0 Å². The number of anilines is 1. The summed E-state index contributed by atoms with van der Waals surface area (Å²) >= 11 is 0. The Kier molecular flexibility index (Phi) is 4.40.